The van der Waals surface area contributed by atoms with E-state index in [-0.39, 0.29) is 18.4 Å². The molecule has 2 rings (SSSR count). The molecule has 4 nitrogen and oxygen atoms in total. The number of carbonyl (C=O) groups excluding carboxylic acids is 1. The summed E-state index contributed by atoms with van der Waals surface area (Å²) in [5, 5.41) is 15.4. The molecule has 0 bridgehead atoms. The summed E-state index contributed by atoms with van der Waals surface area (Å²) in [5.74, 6) is -0.667. The molecule has 17 heavy (non-hydrogen) atoms. The Labute approximate surface area is 104 Å². The highest BCUT2D eigenvalue weighted by molar-refractivity contribution is 7.08. The van der Waals surface area contributed by atoms with Gasteiger partial charge in [-0.3, -0.25) is 9.59 Å². The van der Waals surface area contributed by atoms with Gasteiger partial charge in [0.25, 0.3) is 5.91 Å². The average Bonchev–Trinajstić information content (AvgIpc) is 3.00. The highest BCUT2D eigenvalue weighted by Crippen LogP contribution is 2.34. The van der Waals surface area contributed by atoms with Crippen molar-refractivity contribution < 1.29 is 14.7 Å². The number of thiophene rings is 1. The van der Waals surface area contributed by atoms with Crippen LogP contribution >= 0.6 is 11.3 Å². The summed E-state index contributed by atoms with van der Waals surface area (Å²) in [7, 11) is 0. The highest BCUT2D eigenvalue weighted by atomic mass is 32.1. The molecule has 0 aromatic carbocycles. The summed E-state index contributed by atoms with van der Waals surface area (Å²) in [4.78, 5) is 22.7. The van der Waals surface area contributed by atoms with E-state index in [2.05, 4.69) is 5.32 Å². The van der Waals surface area contributed by atoms with E-state index in [4.69, 9.17) is 5.11 Å². The van der Waals surface area contributed by atoms with Crippen molar-refractivity contribution in [2.75, 3.05) is 0 Å². The van der Waals surface area contributed by atoms with Gasteiger partial charge in [0.1, 0.15) is 0 Å². The summed E-state index contributed by atoms with van der Waals surface area (Å²) >= 11 is 1.48. The van der Waals surface area contributed by atoms with Crippen LogP contribution in [0.25, 0.3) is 0 Å². The fourth-order valence-electron chi connectivity index (χ4n) is 1.86. The summed E-state index contributed by atoms with van der Waals surface area (Å²) in [6, 6.07) is -0.223. The van der Waals surface area contributed by atoms with Crippen molar-refractivity contribution in [3.8, 4) is 0 Å². The Balaban J connectivity index is 2.00. The zero-order valence-corrected chi connectivity index (χ0v) is 10.4. The summed E-state index contributed by atoms with van der Waals surface area (Å²) < 4.78 is 0. The molecule has 0 aliphatic heterocycles. The van der Waals surface area contributed by atoms with Gasteiger partial charge in [0.2, 0.25) is 0 Å². The maximum Gasteiger partial charge on any atom is 0.305 e. The quantitative estimate of drug-likeness (QED) is 0.844. The molecule has 5 heteroatoms. The first kappa shape index (κ1) is 12.1. The van der Waals surface area contributed by atoms with Crippen LogP contribution in [0.3, 0.4) is 0 Å². The van der Waals surface area contributed by atoms with Crippen LogP contribution in [-0.4, -0.2) is 23.0 Å². The average molecular weight is 253 g/mol. The van der Waals surface area contributed by atoms with Crippen LogP contribution < -0.4 is 5.32 Å². The highest BCUT2D eigenvalue weighted by Gasteiger charge is 2.34. The van der Waals surface area contributed by atoms with Gasteiger partial charge in [-0.25, -0.2) is 0 Å². The third-order valence-electron chi connectivity index (χ3n) is 3.00. The standard InChI is InChI=1S/C12H15NO3S/c1-7-5-17-6-9(7)12(16)13-10(4-11(14)15)8-2-3-8/h5-6,8,10H,2-4H2,1H3,(H,13,16)(H,14,15)/t10-/m0/s1. The van der Waals surface area contributed by atoms with E-state index in [0.717, 1.165) is 18.4 Å². The second kappa shape index (κ2) is 4.87. The molecular formula is C12H15NO3S. The Morgan fingerprint density at radius 1 is 1.53 bits per heavy atom. The van der Waals surface area contributed by atoms with Crippen LogP contribution in [0.15, 0.2) is 10.8 Å². The van der Waals surface area contributed by atoms with E-state index in [1.54, 1.807) is 5.38 Å². The lowest BCUT2D eigenvalue weighted by Crippen LogP contribution is -2.38. The molecule has 0 radical (unpaired) electrons. The van der Waals surface area contributed by atoms with Crippen molar-refractivity contribution in [2.45, 2.75) is 32.2 Å². The molecular weight excluding hydrogens is 238 g/mol. The van der Waals surface area contributed by atoms with E-state index in [1.165, 1.54) is 11.3 Å². The van der Waals surface area contributed by atoms with Gasteiger partial charge in [0.05, 0.1) is 12.0 Å². The number of aryl methyl sites for hydroxylation is 1. The van der Waals surface area contributed by atoms with Crippen LogP contribution in [0.1, 0.15) is 35.2 Å². The molecule has 1 fully saturated rings. The molecule has 0 unspecified atom stereocenters. The molecule has 0 spiro atoms. The number of carbonyl (C=O) groups is 2. The molecule has 1 aliphatic carbocycles. The molecule has 92 valence electrons. The number of carboxylic acids is 1. The van der Waals surface area contributed by atoms with Gasteiger partial charge >= 0.3 is 5.97 Å². The molecule has 1 saturated carbocycles. The van der Waals surface area contributed by atoms with Gasteiger partial charge in [-0.15, -0.1) is 0 Å². The second-order valence-corrected chi connectivity index (χ2v) is 5.23. The predicted molar refractivity (Wildman–Crippen MR) is 65.3 cm³/mol. The second-order valence-electron chi connectivity index (χ2n) is 4.48. The van der Waals surface area contributed by atoms with Gasteiger partial charge in [0.15, 0.2) is 0 Å². The summed E-state index contributed by atoms with van der Waals surface area (Å²) in [6.07, 6.45) is 2.04. The number of amides is 1. The number of aliphatic carboxylic acids is 1. The van der Waals surface area contributed by atoms with Crippen molar-refractivity contribution in [1.29, 1.82) is 0 Å². The largest absolute Gasteiger partial charge is 0.481 e. The molecule has 1 aliphatic rings. The van der Waals surface area contributed by atoms with E-state index in [0.29, 0.717) is 11.5 Å². The van der Waals surface area contributed by atoms with E-state index in [9.17, 15) is 9.59 Å². The Morgan fingerprint density at radius 3 is 2.71 bits per heavy atom. The van der Waals surface area contributed by atoms with Crippen molar-refractivity contribution in [3.63, 3.8) is 0 Å². The van der Waals surface area contributed by atoms with Gasteiger partial charge in [0, 0.05) is 11.4 Å². The monoisotopic (exact) mass is 253 g/mol. The van der Waals surface area contributed by atoms with Crippen LogP contribution in [0.5, 0.6) is 0 Å². The molecule has 1 aromatic rings. The molecule has 1 amide bonds. The van der Waals surface area contributed by atoms with Crippen molar-refractivity contribution in [1.82, 2.24) is 5.32 Å². The van der Waals surface area contributed by atoms with Gasteiger partial charge in [-0.1, -0.05) is 0 Å². The number of nitrogens with one attached hydrogen (secondary N) is 1. The maximum absolute atomic E-state index is 12.0. The Hall–Kier alpha value is -1.36. The van der Waals surface area contributed by atoms with Gasteiger partial charge in [-0.2, -0.15) is 11.3 Å². The van der Waals surface area contributed by atoms with E-state index in [1.807, 2.05) is 12.3 Å². The molecule has 0 saturated heterocycles. The third kappa shape index (κ3) is 3.06. The number of rotatable bonds is 5. The molecule has 1 aromatic heterocycles. The number of hydrogen-bond donors (Lipinski definition) is 2. The minimum Gasteiger partial charge on any atom is -0.481 e. The first-order valence-corrected chi connectivity index (χ1v) is 6.57. The first-order chi connectivity index (χ1) is 8.08. The molecule has 1 atom stereocenters. The summed E-state index contributed by atoms with van der Waals surface area (Å²) in [6.45, 7) is 1.88. The minimum atomic E-state index is -0.857. The fraction of sp³-hybridized carbons (Fsp3) is 0.500. The van der Waals surface area contributed by atoms with Crippen LogP contribution in [0.4, 0.5) is 0 Å². The van der Waals surface area contributed by atoms with Gasteiger partial charge < -0.3 is 10.4 Å². The van der Waals surface area contributed by atoms with Crippen LogP contribution in [0, 0.1) is 12.8 Å². The SMILES string of the molecule is Cc1cscc1C(=O)N[C@@H](CC(=O)O)C1CC1. The van der Waals surface area contributed by atoms with Crippen molar-refractivity contribution in [3.05, 3.63) is 21.9 Å². The fourth-order valence-corrected chi connectivity index (χ4v) is 2.69. The van der Waals surface area contributed by atoms with Gasteiger partial charge in [-0.05, 0) is 36.6 Å². The van der Waals surface area contributed by atoms with Crippen molar-refractivity contribution >= 4 is 23.2 Å². The normalized spacial score (nSPS) is 16.5. The molecule has 2 N–H and O–H groups in total. The summed E-state index contributed by atoms with van der Waals surface area (Å²) in [5.41, 5.74) is 1.60. The first-order valence-electron chi connectivity index (χ1n) is 5.63. The van der Waals surface area contributed by atoms with Crippen LogP contribution in [-0.2, 0) is 4.79 Å². The van der Waals surface area contributed by atoms with E-state index >= 15 is 0 Å². The van der Waals surface area contributed by atoms with E-state index < -0.39 is 5.97 Å². The predicted octanol–water partition coefficient (Wildman–Crippen LogP) is 2.04. The van der Waals surface area contributed by atoms with Crippen molar-refractivity contribution in [2.24, 2.45) is 5.92 Å². The smallest absolute Gasteiger partial charge is 0.305 e. The lowest BCUT2D eigenvalue weighted by molar-refractivity contribution is -0.137. The third-order valence-corrected chi connectivity index (χ3v) is 3.86. The lowest BCUT2D eigenvalue weighted by Gasteiger charge is -2.16. The molecule has 1 heterocycles. The Bertz CT molecular complexity index is 437. The minimum absolute atomic E-state index is 0.0135. The lowest BCUT2D eigenvalue weighted by atomic mass is 10.1. The Morgan fingerprint density at radius 2 is 2.24 bits per heavy atom. The maximum atomic E-state index is 12.0. The number of carboxylic acid groups (broad SMARTS) is 1. The number of hydrogen-bond acceptors (Lipinski definition) is 3. The van der Waals surface area contributed by atoms with Crippen LogP contribution in [0.2, 0.25) is 0 Å². The zero-order chi connectivity index (χ0) is 12.4. The topological polar surface area (TPSA) is 66.4 Å². The zero-order valence-electron chi connectivity index (χ0n) is 9.60. The Kier molecular flexibility index (Phi) is 3.47.